The molecule has 9 heteroatoms. The van der Waals surface area contributed by atoms with Gasteiger partial charge in [-0.3, -0.25) is 0 Å². The van der Waals surface area contributed by atoms with Gasteiger partial charge in [-0.25, -0.2) is 0 Å². The molecular formula is C17H17ClN2O4S2. The number of aryl methyl sites for hydroxylation is 1. The van der Waals surface area contributed by atoms with Crippen molar-refractivity contribution >= 4 is 43.2 Å². The van der Waals surface area contributed by atoms with E-state index < -0.39 is 10.0 Å². The van der Waals surface area contributed by atoms with Crippen LogP contribution in [0.4, 0.5) is 0 Å². The predicted molar refractivity (Wildman–Crippen MR) is 103 cm³/mol. The molecule has 0 aliphatic carbocycles. The molecule has 0 fully saturated rings. The Bertz CT molecular complexity index is 1120. The maximum absolute atomic E-state index is 12.7. The number of nitrogens with zero attached hydrogens (tertiary/aromatic N) is 2. The number of halogens is 1. The third-order valence-electron chi connectivity index (χ3n) is 3.82. The summed E-state index contributed by atoms with van der Waals surface area (Å²) in [5, 5.41) is 0.462. The van der Waals surface area contributed by atoms with Crippen molar-refractivity contribution < 1.29 is 17.9 Å². The van der Waals surface area contributed by atoms with Gasteiger partial charge in [0.25, 0.3) is 10.0 Å². The van der Waals surface area contributed by atoms with Crippen LogP contribution in [-0.2, 0) is 16.6 Å². The summed E-state index contributed by atoms with van der Waals surface area (Å²) in [6.07, 6.45) is 0. The Hall–Kier alpha value is -2.03. The van der Waals surface area contributed by atoms with Crippen LogP contribution in [0.2, 0.25) is 5.02 Å². The van der Waals surface area contributed by atoms with Gasteiger partial charge in [0.1, 0.15) is 21.7 Å². The van der Waals surface area contributed by atoms with Crippen LogP contribution in [0.25, 0.3) is 10.2 Å². The summed E-state index contributed by atoms with van der Waals surface area (Å²) in [5.74, 6) is 1.27. The number of rotatable bonds is 5. The van der Waals surface area contributed by atoms with E-state index in [0.29, 0.717) is 27.9 Å². The summed E-state index contributed by atoms with van der Waals surface area (Å²) in [4.78, 5) is 0.432. The van der Waals surface area contributed by atoms with Crippen LogP contribution in [0, 0.1) is 0 Å². The van der Waals surface area contributed by atoms with Crippen LogP contribution < -0.4 is 14.3 Å². The van der Waals surface area contributed by atoms with Crippen molar-refractivity contribution in [3.8, 4) is 11.5 Å². The SMILES string of the molecule is CCn1/c(=N/S(=O)(=O)c2ccc(Cl)cc2)sc2c(OC)ccc(OC)c21. The summed E-state index contributed by atoms with van der Waals surface area (Å²) >= 11 is 7.07. The lowest BCUT2D eigenvalue weighted by Crippen LogP contribution is -2.16. The normalized spacial score (nSPS) is 12.5. The molecule has 0 aliphatic rings. The Morgan fingerprint density at radius 3 is 2.27 bits per heavy atom. The minimum Gasteiger partial charge on any atom is -0.495 e. The van der Waals surface area contributed by atoms with E-state index >= 15 is 0 Å². The Kier molecular flexibility index (Phi) is 5.27. The first-order valence-corrected chi connectivity index (χ1v) is 10.4. The number of fused-ring (bicyclic) bond motifs is 1. The second-order valence-electron chi connectivity index (χ2n) is 5.30. The lowest BCUT2D eigenvalue weighted by Gasteiger charge is -2.08. The van der Waals surface area contributed by atoms with Crippen LogP contribution in [-0.4, -0.2) is 27.2 Å². The third kappa shape index (κ3) is 3.32. The van der Waals surface area contributed by atoms with E-state index in [2.05, 4.69) is 4.40 Å². The standard InChI is InChI=1S/C17H17ClN2O4S2/c1-4-20-15-13(23-2)9-10-14(24-3)16(15)25-17(20)19-26(21,22)12-7-5-11(18)6-8-12/h5-10H,4H2,1-3H3/b19-17-. The molecule has 0 aliphatic heterocycles. The highest BCUT2D eigenvalue weighted by atomic mass is 35.5. The number of methoxy groups -OCH3 is 2. The van der Waals surface area contributed by atoms with Crippen LogP contribution in [0.1, 0.15) is 6.92 Å². The number of hydrogen-bond acceptors (Lipinski definition) is 5. The highest BCUT2D eigenvalue weighted by molar-refractivity contribution is 7.90. The van der Waals surface area contributed by atoms with E-state index in [1.54, 1.807) is 30.9 Å². The van der Waals surface area contributed by atoms with Gasteiger partial charge in [-0.1, -0.05) is 22.9 Å². The van der Waals surface area contributed by atoms with Gasteiger partial charge in [0.2, 0.25) is 4.80 Å². The van der Waals surface area contributed by atoms with Crippen LogP contribution in [0.5, 0.6) is 11.5 Å². The molecule has 0 N–H and O–H groups in total. The predicted octanol–water partition coefficient (Wildman–Crippen LogP) is 3.68. The minimum atomic E-state index is -3.88. The second kappa shape index (κ2) is 7.30. The lowest BCUT2D eigenvalue weighted by molar-refractivity contribution is 0.409. The molecule has 0 saturated carbocycles. The zero-order valence-corrected chi connectivity index (χ0v) is 16.8. The number of thiazole rings is 1. The van der Waals surface area contributed by atoms with E-state index in [4.69, 9.17) is 21.1 Å². The van der Waals surface area contributed by atoms with Gasteiger partial charge in [-0.2, -0.15) is 8.42 Å². The first-order valence-electron chi connectivity index (χ1n) is 7.72. The van der Waals surface area contributed by atoms with Crippen LogP contribution >= 0.6 is 22.9 Å². The largest absolute Gasteiger partial charge is 0.495 e. The molecule has 0 saturated heterocycles. The molecule has 138 valence electrons. The van der Waals surface area contributed by atoms with Gasteiger partial charge in [-0.15, -0.1) is 4.40 Å². The molecule has 6 nitrogen and oxygen atoms in total. The van der Waals surface area contributed by atoms with Gasteiger partial charge in [0, 0.05) is 11.6 Å². The smallest absolute Gasteiger partial charge is 0.285 e. The monoisotopic (exact) mass is 412 g/mol. The summed E-state index contributed by atoms with van der Waals surface area (Å²) in [6, 6.07) is 9.49. The van der Waals surface area contributed by atoms with E-state index in [0.717, 1.165) is 10.2 Å². The fourth-order valence-corrected chi connectivity index (χ4v) is 5.11. The molecule has 0 spiro atoms. The van der Waals surface area contributed by atoms with Gasteiger partial charge in [0.05, 0.1) is 19.1 Å². The maximum Gasteiger partial charge on any atom is 0.285 e. The zero-order valence-electron chi connectivity index (χ0n) is 14.4. The van der Waals surface area contributed by atoms with E-state index in [1.807, 2.05) is 6.92 Å². The summed E-state index contributed by atoms with van der Waals surface area (Å²) < 4.78 is 42.8. The minimum absolute atomic E-state index is 0.0842. The van der Waals surface area contributed by atoms with Crippen LogP contribution in [0.15, 0.2) is 45.7 Å². The van der Waals surface area contributed by atoms with E-state index in [-0.39, 0.29) is 4.90 Å². The topological polar surface area (TPSA) is 69.9 Å². The molecule has 0 unspecified atom stereocenters. The molecular weight excluding hydrogens is 396 g/mol. The van der Waals surface area contributed by atoms with Crippen molar-refractivity contribution in [2.75, 3.05) is 14.2 Å². The number of benzene rings is 2. The van der Waals surface area contributed by atoms with Crippen molar-refractivity contribution in [3.63, 3.8) is 0 Å². The molecule has 0 bridgehead atoms. The number of hydrogen-bond donors (Lipinski definition) is 0. The number of aromatic nitrogens is 1. The number of sulfonamides is 1. The average Bonchev–Trinajstić information content (AvgIpc) is 2.98. The second-order valence-corrected chi connectivity index (χ2v) is 8.32. The molecule has 1 heterocycles. The molecule has 26 heavy (non-hydrogen) atoms. The summed E-state index contributed by atoms with van der Waals surface area (Å²) in [5.41, 5.74) is 0.754. The Morgan fingerprint density at radius 2 is 1.69 bits per heavy atom. The van der Waals surface area contributed by atoms with Crippen molar-refractivity contribution in [1.82, 2.24) is 4.57 Å². The number of ether oxygens (including phenoxy) is 2. The molecule has 3 rings (SSSR count). The zero-order chi connectivity index (χ0) is 18.9. The van der Waals surface area contributed by atoms with Gasteiger partial charge in [0.15, 0.2) is 0 Å². The van der Waals surface area contributed by atoms with Gasteiger partial charge >= 0.3 is 0 Å². The molecule has 1 aromatic heterocycles. The van der Waals surface area contributed by atoms with E-state index in [9.17, 15) is 8.42 Å². The fourth-order valence-electron chi connectivity index (χ4n) is 2.58. The third-order valence-corrected chi connectivity index (χ3v) is 6.56. The highest BCUT2D eigenvalue weighted by Crippen LogP contribution is 2.35. The van der Waals surface area contributed by atoms with Gasteiger partial charge in [-0.05, 0) is 43.3 Å². The molecule has 0 amide bonds. The first-order chi connectivity index (χ1) is 12.4. The Balaban J connectivity index is 2.31. The lowest BCUT2D eigenvalue weighted by atomic mass is 10.3. The van der Waals surface area contributed by atoms with Crippen molar-refractivity contribution in [2.45, 2.75) is 18.4 Å². The van der Waals surface area contributed by atoms with Gasteiger partial charge < -0.3 is 14.0 Å². The van der Waals surface area contributed by atoms with Crippen molar-refractivity contribution in [1.29, 1.82) is 0 Å². The highest BCUT2D eigenvalue weighted by Gasteiger charge is 2.18. The Morgan fingerprint density at radius 1 is 1.08 bits per heavy atom. The van der Waals surface area contributed by atoms with Crippen molar-refractivity contribution in [2.24, 2.45) is 4.40 Å². The summed E-state index contributed by atoms with van der Waals surface area (Å²) in [7, 11) is -0.738. The van der Waals surface area contributed by atoms with Crippen molar-refractivity contribution in [3.05, 3.63) is 46.2 Å². The summed E-state index contributed by atoms with van der Waals surface area (Å²) in [6.45, 7) is 2.44. The molecule has 2 aromatic carbocycles. The Labute approximate surface area is 160 Å². The maximum atomic E-state index is 12.7. The molecule has 3 aromatic rings. The average molecular weight is 413 g/mol. The first kappa shape index (κ1) is 18.8. The quantitative estimate of drug-likeness (QED) is 0.640. The fraction of sp³-hybridized carbons (Fsp3) is 0.235. The van der Waals surface area contributed by atoms with E-state index in [1.165, 1.54) is 35.6 Å². The van der Waals surface area contributed by atoms with Crippen LogP contribution in [0.3, 0.4) is 0 Å². The molecule has 0 atom stereocenters. The molecule has 0 radical (unpaired) electrons.